The smallest absolute Gasteiger partial charge is 0.0897 e. The normalized spacial score (nSPS) is 31.1. The molecule has 2 saturated carbocycles. The summed E-state index contributed by atoms with van der Waals surface area (Å²) in [6, 6.07) is 0. The molecule has 1 unspecified atom stereocenters. The lowest BCUT2D eigenvalue weighted by Gasteiger charge is -2.27. The van der Waals surface area contributed by atoms with Gasteiger partial charge in [0.2, 0.25) is 0 Å². The molecular weight excluding hydrogens is 242 g/mol. The maximum absolute atomic E-state index is 9.87. The summed E-state index contributed by atoms with van der Waals surface area (Å²) in [6.07, 6.45) is 6.87. The lowest BCUT2D eigenvalue weighted by molar-refractivity contribution is -0.0281. The summed E-state index contributed by atoms with van der Waals surface area (Å²) < 4.78 is 5.78. The Balaban J connectivity index is 1.51. The molecule has 3 N–H and O–H groups in total. The van der Waals surface area contributed by atoms with Gasteiger partial charge in [0, 0.05) is 25.1 Å². The third-order valence-electron chi connectivity index (χ3n) is 4.66. The second-order valence-electron chi connectivity index (χ2n) is 6.66. The molecule has 1 atom stereocenters. The van der Waals surface area contributed by atoms with E-state index < -0.39 is 6.10 Å². The minimum atomic E-state index is -0.436. The third-order valence-corrected chi connectivity index (χ3v) is 4.66. The van der Waals surface area contributed by atoms with Gasteiger partial charge >= 0.3 is 0 Å². The number of aliphatic hydroxyl groups is 2. The lowest BCUT2D eigenvalue weighted by Crippen LogP contribution is -2.36. The van der Waals surface area contributed by atoms with Gasteiger partial charge in [-0.25, -0.2) is 0 Å². The quantitative estimate of drug-likeness (QED) is 0.623. The molecule has 0 radical (unpaired) electrons. The highest BCUT2D eigenvalue weighted by molar-refractivity contribution is 4.94. The van der Waals surface area contributed by atoms with E-state index in [1.165, 1.54) is 12.8 Å². The van der Waals surface area contributed by atoms with E-state index in [4.69, 9.17) is 4.74 Å². The molecular formula is C15H29NO3. The Hall–Kier alpha value is -0.160. The van der Waals surface area contributed by atoms with Crippen LogP contribution in [-0.2, 0) is 4.74 Å². The topological polar surface area (TPSA) is 61.7 Å². The lowest BCUT2D eigenvalue weighted by atomic mass is 9.89. The number of aliphatic hydroxyl groups excluding tert-OH is 2. The van der Waals surface area contributed by atoms with Gasteiger partial charge in [-0.15, -0.1) is 0 Å². The Morgan fingerprint density at radius 3 is 2.53 bits per heavy atom. The molecule has 0 saturated heterocycles. The first-order chi connectivity index (χ1) is 9.13. The fraction of sp³-hybridized carbons (Fsp3) is 1.00. The van der Waals surface area contributed by atoms with Crippen LogP contribution in [0.2, 0.25) is 0 Å². The van der Waals surface area contributed by atoms with Crippen molar-refractivity contribution in [1.29, 1.82) is 0 Å². The molecule has 19 heavy (non-hydrogen) atoms. The van der Waals surface area contributed by atoms with Gasteiger partial charge in [0.1, 0.15) is 0 Å². The van der Waals surface area contributed by atoms with Crippen LogP contribution in [0.25, 0.3) is 0 Å². The Kier molecular flexibility index (Phi) is 5.63. The van der Waals surface area contributed by atoms with E-state index in [-0.39, 0.29) is 12.0 Å². The Bertz CT molecular complexity index is 260. The van der Waals surface area contributed by atoms with Crippen LogP contribution in [0.5, 0.6) is 0 Å². The molecule has 0 bridgehead atoms. The molecule has 4 heteroatoms. The zero-order chi connectivity index (χ0) is 13.7. The van der Waals surface area contributed by atoms with Gasteiger partial charge in [0.15, 0.2) is 0 Å². The molecule has 2 aliphatic rings. The monoisotopic (exact) mass is 271 g/mol. The molecule has 0 spiro atoms. The summed E-state index contributed by atoms with van der Waals surface area (Å²) in [4.78, 5) is 0. The van der Waals surface area contributed by atoms with Crippen LogP contribution in [-0.4, -0.2) is 48.7 Å². The standard InChI is InChI=1S/C15H29NO3/c1-12-2-4-14(5-3-12)19-9-13(18)8-16-10-15(11-17)6-7-15/h12-14,16-18H,2-11H2,1H3. The third kappa shape index (κ3) is 5.03. The van der Waals surface area contributed by atoms with E-state index in [0.717, 1.165) is 38.1 Å². The molecule has 0 amide bonds. The van der Waals surface area contributed by atoms with Crippen LogP contribution in [0.3, 0.4) is 0 Å². The fourth-order valence-corrected chi connectivity index (χ4v) is 2.77. The highest BCUT2D eigenvalue weighted by Crippen LogP contribution is 2.44. The second-order valence-corrected chi connectivity index (χ2v) is 6.66. The van der Waals surface area contributed by atoms with Gasteiger partial charge in [0.05, 0.1) is 18.8 Å². The van der Waals surface area contributed by atoms with Crippen molar-refractivity contribution in [2.75, 3.05) is 26.3 Å². The first-order valence-corrected chi connectivity index (χ1v) is 7.75. The van der Waals surface area contributed by atoms with Crippen LogP contribution >= 0.6 is 0 Å². The highest BCUT2D eigenvalue weighted by atomic mass is 16.5. The van der Waals surface area contributed by atoms with Crippen molar-refractivity contribution < 1.29 is 14.9 Å². The Labute approximate surface area is 116 Å². The molecule has 112 valence electrons. The van der Waals surface area contributed by atoms with Gasteiger partial charge in [0.25, 0.3) is 0 Å². The van der Waals surface area contributed by atoms with E-state index in [1.807, 2.05) is 0 Å². The second kappa shape index (κ2) is 7.02. The molecule has 4 nitrogen and oxygen atoms in total. The van der Waals surface area contributed by atoms with Crippen molar-refractivity contribution in [2.45, 2.75) is 57.7 Å². The summed E-state index contributed by atoms with van der Waals surface area (Å²) in [5.41, 5.74) is 0.111. The fourth-order valence-electron chi connectivity index (χ4n) is 2.77. The summed E-state index contributed by atoms with van der Waals surface area (Å²) >= 11 is 0. The Morgan fingerprint density at radius 2 is 1.95 bits per heavy atom. The SMILES string of the molecule is CC1CCC(OCC(O)CNCC2(CO)CC2)CC1. The highest BCUT2D eigenvalue weighted by Gasteiger charge is 2.41. The maximum Gasteiger partial charge on any atom is 0.0897 e. The number of hydrogen-bond donors (Lipinski definition) is 3. The van der Waals surface area contributed by atoms with E-state index in [1.54, 1.807) is 0 Å². The molecule has 0 aromatic carbocycles. The van der Waals surface area contributed by atoms with Gasteiger partial charge in [-0.05, 0) is 44.4 Å². The van der Waals surface area contributed by atoms with Crippen LogP contribution < -0.4 is 5.32 Å². The number of rotatable bonds is 8. The van der Waals surface area contributed by atoms with E-state index >= 15 is 0 Å². The van der Waals surface area contributed by atoms with Crippen molar-refractivity contribution in [2.24, 2.45) is 11.3 Å². The molecule has 2 fully saturated rings. The molecule has 2 aliphatic carbocycles. The van der Waals surface area contributed by atoms with Gasteiger partial charge in [-0.2, -0.15) is 0 Å². The average molecular weight is 271 g/mol. The van der Waals surface area contributed by atoms with Crippen molar-refractivity contribution in [3.05, 3.63) is 0 Å². The number of ether oxygens (including phenoxy) is 1. The molecule has 0 aromatic rings. The molecule has 0 aromatic heterocycles. The summed E-state index contributed by atoms with van der Waals surface area (Å²) in [5.74, 6) is 0.833. The van der Waals surface area contributed by atoms with E-state index in [9.17, 15) is 10.2 Å². The predicted molar refractivity (Wildman–Crippen MR) is 75.0 cm³/mol. The Morgan fingerprint density at radius 1 is 1.26 bits per heavy atom. The van der Waals surface area contributed by atoms with E-state index in [0.29, 0.717) is 19.3 Å². The van der Waals surface area contributed by atoms with Crippen LogP contribution in [0.1, 0.15) is 45.4 Å². The van der Waals surface area contributed by atoms with Gasteiger partial charge in [-0.3, -0.25) is 0 Å². The zero-order valence-corrected chi connectivity index (χ0v) is 12.1. The largest absolute Gasteiger partial charge is 0.396 e. The molecule has 2 rings (SSSR count). The van der Waals surface area contributed by atoms with Crippen molar-refractivity contribution in [1.82, 2.24) is 5.32 Å². The van der Waals surface area contributed by atoms with Crippen molar-refractivity contribution in [3.63, 3.8) is 0 Å². The minimum absolute atomic E-state index is 0.111. The first kappa shape index (κ1) is 15.2. The molecule has 0 heterocycles. The molecule has 0 aliphatic heterocycles. The van der Waals surface area contributed by atoms with Crippen LogP contribution in [0.4, 0.5) is 0 Å². The van der Waals surface area contributed by atoms with Gasteiger partial charge in [-0.1, -0.05) is 6.92 Å². The number of nitrogens with one attached hydrogen (secondary N) is 1. The maximum atomic E-state index is 9.87. The van der Waals surface area contributed by atoms with Crippen molar-refractivity contribution in [3.8, 4) is 0 Å². The first-order valence-electron chi connectivity index (χ1n) is 7.75. The predicted octanol–water partition coefficient (Wildman–Crippen LogP) is 1.30. The zero-order valence-electron chi connectivity index (χ0n) is 12.1. The van der Waals surface area contributed by atoms with Crippen LogP contribution in [0.15, 0.2) is 0 Å². The van der Waals surface area contributed by atoms with Crippen molar-refractivity contribution >= 4 is 0 Å². The summed E-state index contributed by atoms with van der Waals surface area (Å²) in [5, 5.41) is 22.3. The number of hydrogen-bond acceptors (Lipinski definition) is 4. The van der Waals surface area contributed by atoms with Gasteiger partial charge < -0.3 is 20.3 Å². The van der Waals surface area contributed by atoms with Crippen LogP contribution in [0, 0.1) is 11.3 Å². The van der Waals surface area contributed by atoms with E-state index in [2.05, 4.69) is 12.2 Å². The minimum Gasteiger partial charge on any atom is -0.396 e. The summed E-state index contributed by atoms with van der Waals surface area (Å²) in [6.45, 7) is 4.35. The average Bonchev–Trinajstić information content (AvgIpc) is 3.19. The summed E-state index contributed by atoms with van der Waals surface area (Å²) in [7, 11) is 0.